The van der Waals surface area contributed by atoms with Crippen LogP contribution in [0.2, 0.25) is 0 Å². The van der Waals surface area contributed by atoms with Gasteiger partial charge in [0.25, 0.3) is 0 Å². The Morgan fingerprint density at radius 3 is 2.52 bits per heavy atom. The summed E-state index contributed by atoms with van der Waals surface area (Å²) in [5.74, 6) is 0.711. The lowest BCUT2D eigenvalue weighted by molar-refractivity contribution is -0.118. The Kier molecular flexibility index (Phi) is 6.07. The number of amides is 1. The highest BCUT2D eigenvalue weighted by Crippen LogP contribution is 2.20. The molecule has 1 saturated heterocycles. The Morgan fingerprint density at radius 2 is 1.80 bits per heavy atom. The number of carbonyl (C=O) groups is 1. The summed E-state index contributed by atoms with van der Waals surface area (Å²) in [6.07, 6.45) is 3.50. The molecule has 0 unspecified atom stereocenters. The molecule has 1 amide bonds. The van der Waals surface area contributed by atoms with E-state index in [1.54, 1.807) is 0 Å². The van der Waals surface area contributed by atoms with E-state index in [1.807, 2.05) is 6.07 Å². The van der Waals surface area contributed by atoms with Gasteiger partial charge in [-0.25, -0.2) is 0 Å². The van der Waals surface area contributed by atoms with E-state index in [-0.39, 0.29) is 12.0 Å². The largest absolute Gasteiger partial charge is 0.489 e. The Bertz CT molecular complexity index is 670. The van der Waals surface area contributed by atoms with Crippen LogP contribution in [-0.2, 0) is 11.2 Å². The second kappa shape index (κ2) is 8.67. The highest BCUT2D eigenvalue weighted by Gasteiger charge is 2.23. The Hall–Kier alpha value is -2.33. The molecule has 25 heavy (non-hydrogen) atoms. The molecule has 1 atom stereocenters. The summed E-state index contributed by atoms with van der Waals surface area (Å²) in [7, 11) is 0. The molecule has 4 nitrogen and oxygen atoms in total. The third-order valence-corrected chi connectivity index (χ3v) is 4.60. The van der Waals surface area contributed by atoms with Gasteiger partial charge in [0.2, 0.25) is 5.91 Å². The number of rotatable bonds is 8. The first kappa shape index (κ1) is 17.5. The van der Waals surface area contributed by atoms with Gasteiger partial charge in [0.05, 0.1) is 0 Å². The molecule has 1 fully saturated rings. The van der Waals surface area contributed by atoms with Gasteiger partial charge in [-0.05, 0) is 49.1 Å². The summed E-state index contributed by atoms with van der Waals surface area (Å²) < 4.78 is 6.10. The molecule has 1 aliphatic rings. The van der Waals surface area contributed by atoms with Crippen LogP contribution in [0.15, 0.2) is 54.6 Å². The number of primary amides is 1. The lowest BCUT2D eigenvalue weighted by Crippen LogP contribution is -2.26. The average molecular weight is 338 g/mol. The molecule has 2 aromatic rings. The van der Waals surface area contributed by atoms with Crippen molar-refractivity contribution in [2.75, 3.05) is 19.6 Å². The molecule has 0 spiro atoms. The van der Waals surface area contributed by atoms with Crippen LogP contribution in [0.3, 0.4) is 0 Å². The van der Waals surface area contributed by atoms with Crippen molar-refractivity contribution < 1.29 is 9.53 Å². The first-order valence-electron chi connectivity index (χ1n) is 8.99. The van der Waals surface area contributed by atoms with E-state index in [9.17, 15) is 4.79 Å². The molecule has 132 valence electrons. The fourth-order valence-corrected chi connectivity index (χ4v) is 3.28. The summed E-state index contributed by atoms with van der Waals surface area (Å²) in [5.41, 5.74) is 7.79. The van der Waals surface area contributed by atoms with Crippen LogP contribution in [0.5, 0.6) is 5.75 Å². The second-order valence-corrected chi connectivity index (χ2v) is 6.71. The average Bonchev–Trinajstić information content (AvgIpc) is 3.05. The molecule has 0 aliphatic carbocycles. The number of carbonyl (C=O) groups excluding carboxylic acids is 1. The molecular formula is C21H26N2O2. The van der Waals surface area contributed by atoms with Crippen molar-refractivity contribution in [3.05, 3.63) is 65.7 Å². The Morgan fingerprint density at radius 1 is 1.08 bits per heavy atom. The molecule has 2 N–H and O–H groups in total. The Balaban J connectivity index is 1.45. The Labute approximate surface area is 149 Å². The van der Waals surface area contributed by atoms with Crippen molar-refractivity contribution in [3.63, 3.8) is 0 Å². The van der Waals surface area contributed by atoms with Crippen LogP contribution < -0.4 is 10.5 Å². The number of nitrogens with two attached hydrogens (primary N) is 1. The van der Waals surface area contributed by atoms with E-state index >= 15 is 0 Å². The summed E-state index contributed by atoms with van der Waals surface area (Å²) in [4.78, 5) is 13.1. The zero-order valence-electron chi connectivity index (χ0n) is 14.6. The lowest BCUT2D eigenvalue weighted by Gasteiger charge is -2.16. The number of hydrogen-bond acceptors (Lipinski definition) is 3. The van der Waals surface area contributed by atoms with Crippen molar-refractivity contribution >= 4 is 5.91 Å². The zero-order chi connectivity index (χ0) is 17.5. The second-order valence-electron chi connectivity index (χ2n) is 6.71. The first-order valence-corrected chi connectivity index (χ1v) is 8.99. The van der Waals surface area contributed by atoms with E-state index in [2.05, 4.69) is 53.4 Å². The standard InChI is InChI=1S/C21H26N2O2/c22-21(24)7-4-13-23-14-12-20(16-23)25-19-10-8-18(9-11-19)15-17-5-2-1-3-6-17/h1-3,5-6,8-11,20H,4,7,12-16H2,(H2,22,24)/t20-/m1/s1. The molecule has 0 radical (unpaired) electrons. The maximum absolute atomic E-state index is 10.8. The molecule has 2 aromatic carbocycles. The van der Waals surface area contributed by atoms with E-state index < -0.39 is 0 Å². The quantitative estimate of drug-likeness (QED) is 0.805. The van der Waals surface area contributed by atoms with Gasteiger partial charge < -0.3 is 10.5 Å². The van der Waals surface area contributed by atoms with Gasteiger partial charge in [-0.3, -0.25) is 9.69 Å². The van der Waals surface area contributed by atoms with Gasteiger partial charge >= 0.3 is 0 Å². The third-order valence-electron chi connectivity index (χ3n) is 4.60. The van der Waals surface area contributed by atoms with Crippen molar-refractivity contribution in [3.8, 4) is 5.75 Å². The summed E-state index contributed by atoms with van der Waals surface area (Å²) >= 11 is 0. The normalized spacial score (nSPS) is 17.5. The minimum absolute atomic E-state index is 0.220. The molecule has 1 heterocycles. The summed E-state index contributed by atoms with van der Waals surface area (Å²) in [5, 5.41) is 0. The molecule has 4 heteroatoms. The van der Waals surface area contributed by atoms with Gasteiger partial charge in [-0.15, -0.1) is 0 Å². The van der Waals surface area contributed by atoms with Crippen LogP contribution >= 0.6 is 0 Å². The SMILES string of the molecule is NC(=O)CCCN1CC[C@@H](Oc2ccc(Cc3ccccc3)cc2)C1. The number of nitrogens with zero attached hydrogens (tertiary/aromatic N) is 1. The number of benzene rings is 2. The van der Waals surface area contributed by atoms with Crippen LogP contribution in [-0.4, -0.2) is 36.5 Å². The predicted molar refractivity (Wildman–Crippen MR) is 99.6 cm³/mol. The minimum Gasteiger partial charge on any atom is -0.489 e. The van der Waals surface area contributed by atoms with Gasteiger partial charge in [-0.2, -0.15) is 0 Å². The van der Waals surface area contributed by atoms with Crippen LogP contribution in [0, 0.1) is 0 Å². The van der Waals surface area contributed by atoms with E-state index in [4.69, 9.17) is 10.5 Å². The van der Waals surface area contributed by atoms with Crippen molar-refractivity contribution in [2.45, 2.75) is 31.8 Å². The minimum atomic E-state index is -0.220. The van der Waals surface area contributed by atoms with E-state index in [1.165, 1.54) is 11.1 Å². The van der Waals surface area contributed by atoms with Crippen LogP contribution in [0.1, 0.15) is 30.4 Å². The van der Waals surface area contributed by atoms with Crippen LogP contribution in [0.25, 0.3) is 0 Å². The predicted octanol–water partition coefficient (Wildman–Crippen LogP) is 3.00. The number of hydrogen-bond donors (Lipinski definition) is 1. The fourth-order valence-electron chi connectivity index (χ4n) is 3.28. The van der Waals surface area contributed by atoms with Gasteiger partial charge in [-0.1, -0.05) is 42.5 Å². The summed E-state index contributed by atoms with van der Waals surface area (Å²) in [6.45, 7) is 2.86. The highest BCUT2D eigenvalue weighted by molar-refractivity contribution is 5.73. The first-order chi connectivity index (χ1) is 12.2. The molecule has 0 bridgehead atoms. The molecule has 1 aliphatic heterocycles. The van der Waals surface area contributed by atoms with E-state index in [0.717, 1.165) is 44.6 Å². The van der Waals surface area contributed by atoms with Gasteiger partial charge in [0.15, 0.2) is 0 Å². The van der Waals surface area contributed by atoms with Gasteiger partial charge in [0.1, 0.15) is 11.9 Å². The lowest BCUT2D eigenvalue weighted by atomic mass is 10.1. The highest BCUT2D eigenvalue weighted by atomic mass is 16.5. The molecule has 0 saturated carbocycles. The fraction of sp³-hybridized carbons (Fsp3) is 0.381. The van der Waals surface area contributed by atoms with E-state index in [0.29, 0.717) is 6.42 Å². The molecule has 0 aromatic heterocycles. The maximum Gasteiger partial charge on any atom is 0.217 e. The smallest absolute Gasteiger partial charge is 0.217 e. The van der Waals surface area contributed by atoms with Crippen LogP contribution in [0.4, 0.5) is 0 Å². The monoisotopic (exact) mass is 338 g/mol. The molecule has 3 rings (SSSR count). The topological polar surface area (TPSA) is 55.6 Å². The maximum atomic E-state index is 10.8. The van der Waals surface area contributed by atoms with Crippen molar-refractivity contribution in [1.82, 2.24) is 4.90 Å². The molecular weight excluding hydrogens is 312 g/mol. The number of likely N-dealkylation sites (tertiary alicyclic amines) is 1. The zero-order valence-corrected chi connectivity index (χ0v) is 14.6. The van der Waals surface area contributed by atoms with Crippen molar-refractivity contribution in [1.29, 1.82) is 0 Å². The number of ether oxygens (including phenoxy) is 1. The third kappa shape index (κ3) is 5.61. The van der Waals surface area contributed by atoms with Gasteiger partial charge in [0, 0.05) is 19.5 Å². The summed E-state index contributed by atoms with van der Waals surface area (Å²) in [6, 6.07) is 18.9. The van der Waals surface area contributed by atoms with Crippen molar-refractivity contribution in [2.24, 2.45) is 5.73 Å².